The maximum atomic E-state index is 2.52. The van der Waals surface area contributed by atoms with Crippen LogP contribution in [0.5, 0.6) is 0 Å². The monoisotopic (exact) mass is 270 g/mol. The molecule has 0 nitrogen and oxygen atoms in total. The van der Waals surface area contributed by atoms with Gasteiger partial charge in [-0.2, -0.15) is 0 Å². The van der Waals surface area contributed by atoms with Gasteiger partial charge in [0.2, 0.25) is 0 Å². The van der Waals surface area contributed by atoms with Crippen molar-refractivity contribution in [2.24, 2.45) is 11.3 Å². The zero-order valence-electron chi connectivity index (χ0n) is 13.7. The van der Waals surface area contributed by atoms with Crippen molar-refractivity contribution in [1.29, 1.82) is 0 Å². The third kappa shape index (κ3) is 3.53. The largest absolute Gasteiger partial charge is 0.0853 e. The van der Waals surface area contributed by atoms with Crippen LogP contribution in [0.1, 0.15) is 71.3 Å². The van der Waals surface area contributed by atoms with E-state index in [4.69, 9.17) is 0 Å². The Morgan fingerprint density at radius 1 is 1.25 bits per heavy atom. The highest BCUT2D eigenvalue weighted by Crippen LogP contribution is 2.46. The molecule has 1 aromatic carbocycles. The first-order chi connectivity index (χ1) is 9.55. The van der Waals surface area contributed by atoms with E-state index in [2.05, 4.69) is 64.1 Å². The molecule has 0 heteroatoms. The molecular formula is C20H30. The quantitative estimate of drug-likeness (QED) is 0.547. The zero-order chi connectivity index (χ0) is 14.6. The minimum Gasteiger partial charge on any atom is -0.0853 e. The molecule has 1 aliphatic rings. The van der Waals surface area contributed by atoms with Gasteiger partial charge in [0.05, 0.1) is 0 Å². The molecule has 110 valence electrons. The molecule has 0 bridgehead atoms. The number of rotatable bonds is 5. The Kier molecular flexibility index (Phi) is 5.07. The fraction of sp³-hybridized carbons (Fsp3) is 0.600. The zero-order valence-corrected chi connectivity index (χ0v) is 13.7. The molecule has 0 spiro atoms. The van der Waals surface area contributed by atoms with Crippen molar-refractivity contribution in [3.05, 3.63) is 47.5 Å². The second-order valence-electron chi connectivity index (χ2n) is 7.05. The average molecular weight is 270 g/mol. The molecule has 20 heavy (non-hydrogen) atoms. The van der Waals surface area contributed by atoms with Crippen LogP contribution in [0.2, 0.25) is 0 Å². The van der Waals surface area contributed by atoms with Crippen molar-refractivity contribution in [3.8, 4) is 0 Å². The average Bonchev–Trinajstić information content (AvgIpc) is 2.48. The van der Waals surface area contributed by atoms with Gasteiger partial charge in [-0.15, -0.1) is 0 Å². The summed E-state index contributed by atoms with van der Waals surface area (Å²) in [5, 5.41) is 0. The maximum absolute atomic E-state index is 2.52. The fourth-order valence-electron chi connectivity index (χ4n) is 3.80. The predicted molar refractivity (Wildman–Crippen MR) is 89.0 cm³/mol. The molecule has 0 radical (unpaired) electrons. The highest BCUT2D eigenvalue weighted by atomic mass is 14.4. The van der Waals surface area contributed by atoms with Crippen LogP contribution < -0.4 is 0 Å². The van der Waals surface area contributed by atoms with E-state index in [1.54, 1.807) is 5.57 Å². The van der Waals surface area contributed by atoms with E-state index >= 15 is 0 Å². The first-order valence-electron chi connectivity index (χ1n) is 8.25. The van der Waals surface area contributed by atoms with Gasteiger partial charge < -0.3 is 0 Å². The minimum absolute atomic E-state index is 0.479. The molecule has 0 aromatic heterocycles. The summed E-state index contributed by atoms with van der Waals surface area (Å²) in [6, 6.07) is 11.0. The Labute approximate surface area is 125 Å². The van der Waals surface area contributed by atoms with Gasteiger partial charge in [0.1, 0.15) is 0 Å². The molecule has 0 saturated heterocycles. The molecular weight excluding hydrogens is 240 g/mol. The molecule has 0 N–H and O–H groups in total. The molecule has 1 aliphatic carbocycles. The van der Waals surface area contributed by atoms with Gasteiger partial charge in [-0.05, 0) is 55.4 Å². The van der Waals surface area contributed by atoms with E-state index in [1.807, 2.05) is 0 Å². The molecule has 1 aromatic rings. The SMILES string of the molecule is CCC(C)(CC(C)c1ccccc1)C1CC=C(C)CC1. The lowest BCUT2D eigenvalue weighted by Crippen LogP contribution is -2.29. The van der Waals surface area contributed by atoms with Crippen LogP contribution >= 0.6 is 0 Å². The summed E-state index contributed by atoms with van der Waals surface area (Å²) >= 11 is 0. The summed E-state index contributed by atoms with van der Waals surface area (Å²) in [5.41, 5.74) is 3.57. The molecule has 3 unspecified atom stereocenters. The first kappa shape index (κ1) is 15.4. The third-order valence-electron chi connectivity index (χ3n) is 5.57. The van der Waals surface area contributed by atoms with Gasteiger partial charge in [0.15, 0.2) is 0 Å². The highest BCUT2D eigenvalue weighted by molar-refractivity contribution is 5.19. The van der Waals surface area contributed by atoms with Gasteiger partial charge in [-0.1, -0.05) is 69.2 Å². The summed E-state index contributed by atoms with van der Waals surface area (Å²) in [7, 11) is 0. The van der Waals surface area contributed by atoms with Gasteiger partial charge in [-0.25, -0.2) is 0 Å². The van der Waals surface area contributed by atoms with Crippen LogP contribution in [0, 0.1) is 11.3 Å². The molecule has 0 amide bonds. The minimum atomic E-state index is 0.479. The van der Waals surface area contributed by atoms with Crippen LogP contribution in [0.15, 0.2) is 42.0 Å². The van der Waals surface area contributed by atoms with E-state index in [1.165, 1.54) is 37.7 Å². The van der Waals surface area contributed by atoms with Crippen molar-refractivity contribution in [1.82, 2.24) is 0 Å². The van der Waals surface area contributed by atoms with Gasteiger partial charge in [-0.3, -0.25) is 0 Å². The Hall–Kier alpha value is -1.04. The van der Waals surface area contributed by atoms with E-state index < -0.39 is 0 Å². The molecule has 0 aliphatic heterocycles. The Bertz CT molecular complexity index is 442. The predicted octanol–water partition coefficient (Wildman–Crippen LogP) is 6.34. The second-order valence-corrected chi connectivity index (χ2v) is 7.05. The van der Waals surface area contributed by atoms with Crippen molar-refractivity contribution in [2.45, 2.75) is 65.7 Å². The van der Waals surface area contributed by atoms with Crippen LogP contribution in [0.3, 0.4) is 0 Å². The maximum Gasteiger partial charge on any atom is -0.0185 e. The van der Waals surface area contributed by atoms with Crippen molar-refractivity contribution >= 4 is 0 Å². The lowest BCUT2D eigenvalue weighted by Gasteiger charge is -2.40. The molecule has 0 saturated carbocycles. The normalized spacial score (nSPS) is 23.8. The Balaban J connectivity index is 2.07. The second kappa shape index (κ2) is 6.61. The number of hydrogen-bond acceptors (Lipinski definition) is 0. The van der Waals surface area contributed by atoms with Crippen LogP contribution in [0.4, 0.5) is 0 Å². The summed E-state index contributed by atoms with van der Waals surface area (Å²) in [6.45, 7) is 9.58. The van der Waals surface area contributed by atoms with E-state index in [-0.39, 0.29) is 0 Å². The standard InChI is InChI=1S/C20H30/c1-5-20(4,19-13-11-16(2)12-14-19)15-17(3)18-9-7-6-8-10-18/h6-11,17,19H,5,12-15H2,1-4H3. The van der Waals surface area contributed by atoms with E-state index in [0.29, 0.717) is 11.3 Å². The van der Waals surface area contributed by atoms with Gasteiger partial charge in [0.25, 0.3) is 0 Å². The van der Waals surface area contributed by atoms with Crippen LogP contribution in [-0.4, -0.2) is 0 Å². The van der Waals surface area contributed by atoms with Gasteiger partial charge >= 0.3 is 0 Å². The molecule has 3 atom stereocenters. The van der Waals surface area contributed by atoms with Crippen molar-refractivity contribution in [3.63, 3.8) is 0 Å². The first-order valence-corrected chi connectivity index (χ1v) is 8.25. The smallest absolute Gasteiger partial charge is 0.0185 e. The van der Waals surface area contributed by atoms with Crippen molar-refractivity contribution < 1.29 is 0 Å². The Morgan fingerprint density at radius 3 is 2.50 bits per heavy atom. The highest BCUT2D eigenvalue weighted by Gasteiger charge is 2.34. The third-order valence-corrected chi connectivity index (χ3v) is 5.57. The summed E-state index contributed by atoms with van der Waals surface area (Å²) in [5.74, 6) is 1.52. The summed E-state index contributed by atoms with van der Waals surface area (Å²) in [6.07, 6.45) is 9.06. The number of hydrogen-bond donors (Lipinski definition) is 0. The summed E-state index contributed by atoms with van der Waals surface area (Å²) < 4.78 is 0. The Morgan fingerprint density at radius 2 is 1.95 bits per heavy atom. The topological polar surface area (TPSA) is 0 Å². The van der Waals surface area contributed by atoms with Crippen LogP contribution in [-0.2, 0) is 0 Å². The fourth-order valence-corrected chi connectivity index (χ4v) is 3.80. The molecule has 0 heterocycles. The lowest BCUT2D eigenvalue weighted by atomic mass is 9.64. The molecule has 0 fully saturated rings. The number of allylic oxidation sites excluding steroid dienone is 2. The lowest BCUT2D eigenvalue weighted by molar-refractivity contribution is 0.137. The summed E-state index contributed by atoms with van der Waals surface area (Å²) in [4.78, 5) is 0. The van der Waals surface area contributed by atoms with E-state index in [0.717, 1.165) is 5.92 Å². The van der Waals surface area contributed by atoms with Crippen molar-refractivity contribution in [2.75, 3.05) is 0 Å². The number of benzene rings is 1. The van der Waals surface area contributed by atoms with Gasteiger partial charge in [0, 0.05) is 0 Å². The van der Waals surface area contributed by atoms with Crippen LogP contribution in [0.25, 0.3) is 0 Å². The molecule has 2 rings (SSSR count). The van der Waals surface area contributed by atoms with E-state index in [9.17, 15) is 0 Å².